The van der Waals surface area contributed by atoms with Crippen LogP contribution >= 0.6 is 0 Å². The average molecular weight is 162 g/mol. The molecule has 0 fully saturated rings. The van der Waals surface area contributed by atoms with E-state index in [2.05, 4.69) is 5.10 Å². The second kappa shape index (κ2) is 2.65. The lowest BCUT2D eigenvalue weighted by atomic mass is 10.4. The Hall–Kier alpha value is -1.46. The van der Waals surface area contributed by atoms with Crippen LogP contribution < -0.4 is 0 Å². The second-order valence-corrected chi connectivity index (χ2v) is 1.80. The molecule has 1 aromatic heterocycles. The Morgan fingerprint density at radius 2 is 2.36 bits per heavy atom. The molecule has 60 valence electrons. The molecule has 1 N–H and O–H groups in total. The minimum Gasteiger partial charge on any atom is -0.463 e. The van der Waals surface area contributed by atoms with Crippen LogP contribution in [0.25, 0.3) is 0 Å². The monoisotopic (exact) mass is 162 g/mol. The summed E-state index contributed by atoms with van der Waals surface area (Å²) in [7, 11) is 0. The van der Waals surface area contributed by atoms with Gasteiger partial charge in [0.05, 0.1) is 11.8 Å². The van der Waals surface area contributed by atoms with Gasteiger partial charge < -0.3 is 5.11 Å². The molecule has 0 saturated heterocycles. The zero-order valence-corrected chi connectivity index (χ0v) is 5.24. The SMILES string of the molecule is O=C(O)n1cc(C(F)F)cn1. The summed E-state index contributed by atoms with van der Waals surface area (Å²) in [5, 5.41) is 11.4. The number of halogens is 2. The predicted octanol–water partition coefficient (Wildman–Crippen LogP) is 1.35. The van der Waals surface area contributed by atoms with Crippen LogP contribution in [-0.4, -0.2) is 21.0 Å². The summed E-state index contributed by atoms with van der Waals surface area (Å²) in [6.07, 6.45) is -2.47. The Balaban J connectivity index is 2.90. The molecular weight excluding hydrogens is 158 g/mol. The van der Waals surface area contributed by atoms with Gasteiger partial charge in [-0.3, -0.25) is 0 Å². The van der Waals surface area contributed by atoms with E-state index >= 15 is 0 Å². The Bertz CT molecular complexity index is 271. The third-order valence-corrected chi connectivity index (χ3v) is 1.05. The van der Waals surface area contributed by atoms with Crippen molar-refractivity contribution in [3.05, 3.63) is 18.0 Å². The molecule has 0 spiro atoms. The molecule has 0 aromatic carbocycles. The van der Waals surface area contributed by atoms with Crippen molar-refractivity contribution in [3.8, 4) is 0 Å². The Kier molecular flexibility index (Phi) is 1.84. The lowest BCUT2D eigenvalue weighted by Gasteiger charge is -1.89. The molecule has 1 aromatic rings. The normalized spacial score (nSPS) is 10.5. The standard InChI is InChI=1S/C5H4F2N2O2/c6-4(7)3-1-8-9(2-3)5(10)11/h1-2,4H,(H,10,11). The molecule has 0 atom stereocenters. The smallest absolute Gasteiger partial charge is 0.432 e. The summed E-state index contributed by atoms with van der Waals surface area (Å²) >= 11 is 0. The summed E-state index contributed by atoms with van der Waals surface area (Å²) in [5.74, 6) is 0. The topological polar surface area (TPSA) is 55.1 Å². The molecule has 0 aliphatic rings. The zero-order chi connectivity index (χ0) is 8.43. The van der Waals surface area contributed by atoms with Gasteiger partial charge in [-0.25, -0.2) is 13.6 Å². The molecule has 0 unspecified atom stereocenters. The molecule has 0 amide bonds. The van der Waals surface area contributed by atoms with E-state index in [9.17, 15) is 13.6 Å². The number of hydrogen-bond donors (Lipinski definition) is 1. The molecule has 1 heterocycles. The van der Waals surface area contributed by atoms with Crippen molar-refractivity contribution in [3.63, 3.8) is 0 Å². The number of carbonyl (C=O) groups is 1. The number of rotatable bonds is 1. The maximum atomic E-state index is 11.8. The fourth-order valence-corrected chi connectivity index (χ4v) is 0.554. The van der Waals surface area contributed by atoms with E-state index in [-0.39, 0.29) is 0 Å². The molecule has 0 bridgehead atoms. The highest BCUT2D eigenvalue weighted by Gasteiger charge is 2.11. The Labute approximate surface area is 60.1 Å². The summed E-state index contributed by atoms with van der Waals surface area (Å²) in [6.45, 7) is 0. The largest absolute Gasteiger partial charge is 0.463 e. The molecule has 0 aliphatic carbocycles. The Morgan fingerprint density at radius 1 is 1.73 bits per heavy atom. The van der Waals surface area contributed by atoms with E-state index in [4.69, 9.17) is 5.11 Å². The van der Waals surface area contributed by atoms with Crippen LogP contribution in [-0.2, 0) is 0 Å². The maximum absolute atomic E-state index is 11.8. The van der Waals surface area contributed by atoms with Gasteiger partial charge in [0.1, 0.15) is 0 Å². The summed E-state index contributed by atoms with van der Waals surface area (Å²) in [4.78, 5) is 10.1. The van der Waals surface area contributed by atoms with E-state index in [0.717, 1.165) is 12.4 Å². The highest BCUT2D eigenvalue weighted by molar-refractivity contribution is 5.66. The minimum atomic E-state index is -2.68. The lowest BCUT2D eigenvalue weighted by molar-refractivity contribution is 0.151. The van der Waals surface area contributed by atoms with Gasteiger partial charge in [0.25, 0.3) is 6.43 Å². The van der Waals surface area contributed by atoms with E-state index < -0.39 is 18.1 Å². The van der Waals surface area contributed by atoms with Gasteiger partial charge in [0, 0.05) is 6.20 Å². The van der Waals surface area contributed by atoms with E-state index in [1.165, 1.54) is 0 Å². The van der Waals surface area contributed by atoms with Crippen molar-refractivity contribution in [2.45, 2.75) is 6.43 Å². The quantitative estimate of drug-likeness (QED) is 0.677. The van der Waals surface area contributed by atoms with Crippen molar-refractivity contribution in [2.75, 3.05) is 0 Å². The first-order valence-electron chi connectivity index (χ1n) is 2.67. The zero-order valence-electron chi connectivity index (χ0n) is 5.24. The Morgan fingerprint density at radius 3 is 2.64 bits per heavy atom. The van der Waals surface area contributed by atoms with Gasteiger partial charge in [-0.05, 0) is 0 Å². The van der Waals surface area contributed by atoms with Crippen LogP contribution in [0.15, 0.2) is 12.4 Å². The van der Waals surface area contributed by atoms with Gasteiger partial charge in [0.15, 0.2) is 0 Å². The fourth-order valence-electron chi connectivity index (χ4n) is 0.554. The third-order valence-electron chi connectivity index (χ3n) is 1.05. The number of nitrogens with zero attached hydrogens (tertiary/aromatic N) is 2. The van der Waals surface area contributed by atoms with Crippen LogP contribution in [0, 0.1) is 0 Å². The molecule has 11 heavy (non-hydrogen) atoms. The molecule has 4 nitrogen and oxygen atoms in total. The van der Waals surface area contributed by atoms with Crippen molar-refractivity contribution < 1.29 is 18.7 Å². The third kappa shape index (κ3) is 1.51. The van der Waals surface area contributed by atoms with Gasteiger partial charge >= 0.3 is 6.09 Å². The van der Waals surface area contributed by atoms with E-state index in [1.807, 2.05) is 0 Å². The van der Waals surface area contributed by atoms with Crippen molar-refractivity contribution >= 4 is 6.09 Å². The highest BCUT2D eigenvalue weighted by Crippen LogP contribution is 2.16. The number of alkyl halides is 2. The summed E-state index contributed by atoms with van der Waals surface area (Å²) in [5.41, 5.74) is -0.396. The van der Waals surface area contributed by atoms with Gasteiger partial charge in [-0.15, -0.1) is 0 Å². The van der Waals surface area contributed by atoms with Gasteiger partial charge in [-0.1, -0.05) is 0 Å². The van der Waals surface area contributed by atoms with Crippen LogP contribution in [0.5, 0.6) is 0 Å². The van der Waals surface area contributed by atoms with Crippen molar-refractivity contribution in [2.24, 2.45) is 0 Å². The molecule has 6 heteroatoms. The fraction of sp³-hybridized carbons (Fsp3) is 0.200. The van der Waals surface area contributed by atoms with Gasteiger partial charge in [0.2, 0.25) is 0 Å². The van der Waals surface area contributed by atoms with Gasteiger partial charge in [-0.2, -0.15) is 9.78 Å². The first kappa shape index (κ1) is 7.64. The summed E-state index contributed by atoms with van der Waals surface area (Å²) < 4.78 is 24.0. The first-order chi connectivity index (χ1) is 5.11. The van der Waals surface area contributed by atoms with E-state index in [1.54, 1.807) is 0 Å². The average Bonchev–Trinajstić information content (AvgIpc) is 2.33. The number of aromatic nitrogens is 2. The van der Waals surface area contributed by atoms with Crippen molar-refractivity contribution in [1.82, 2.24) is 9.78 Å². The van der Waals surface area contributed by atoms with Crippen LogP contribution in [0.2, 0.25) is 0 Å². The van der Waals surface area contributed by atoms with Crippen LogP contribution in [0.1, 0.15) is 12.0 Å². The van der Waals surface area contributed by atoms with Crippen LogP contribution in [0.4, 0.5) is 13.6 Å². The maximum Gasteiger partial charge on any atom is 0.432 e. The minimum absolute atomic E-state index is 0.396. The van der Waals surface area contributed by atoms with Crippen molar-refractivity contribution in [1.29, 1.82) is 0 Å². The first-order valence-corrected chi connectivity index (χ1v) is 2.67. The molecule has 0 saturated carbocycles. The van der Waals surface area contributed by atoms with E-state index in [0.29, 0.717) is 4.68 Å². The number of hydrogen-bond acceptors (Lipinski definition) is 2. The highest BCUT2D eigenvalue weighted by atomic mass is 19.3. The summed E-state index contributed by atoms with van der Waals surface area (Å²) in [6, 6.07) is 0. The molecular formula is C5H4F2N2O2. The second-order valence-electron chi connectivity index (χ2n) is 1.80. The lowest BCUT2D eigenvalue weighted by Crippen LogP contribution is -2.07. The number of carboxylic acid groups (broad SMARTS) is 1. The molecule has 1 rings (SSSR count). The molecule has 0 radical (unpaired) electrons. The molecule has 0 aliphatic heterocycles. The van der Waals surface area contributed by atoms with Crippen LogP contribution in [0.3, 0.4) is 0 Å². The predicted molar refractivity (Wildman–Crippen MR) is 30.6 cm³/mol.